The molecule has 0 aromatic heterocycles. The van der Waals surface area contributed by atoms with E-state index in [0.717, 1.165) is 18.4 Å². The number of aliphatic hydroxyl groups is 1. The second-order valence-electron chi connectivity index (χ2n) is 11.4. The van der Waals surface area contributed by atoms with Crippen LogP contribution >= 0.6 is 22.6 Å². The van der Waals surface area contributed by atoms with Gasteiger partial charge in [-0.2, -0.15) is 0 Å². The maximum absolute atomic E-state index is 12.5. The van der Waals surface area contributed by atoms with E-state index in [-0.39, 0.29) is 33.7 Å². The monoisotopic (exact) mass is 631 g/mol. The number of amides is 1. The van der Waals surface area contributed by atoms with Gasteiger partial charge < -0.3 is 29.4 Å². The molecule has 1 spiro atoms. The van der Waals surface area contributed by atoms with Crippen molar-refractivity contribution in [1.82, 2.24) is 5.32 Å². The Bertz CT molecular complexity index is 937. The molecule has 9 heteroatoms. The number of nitrogens with one attached hydrogen (secondary N) is 1. The van der Waals surface area contributed by atoms with Gasteiger partial charge in [-0.25, -0.2) is 0 Å². The number of esters is 1. The van der Waals surface area contributed by atoms with E-state index in [4.69, 9.17) is 18.9 Å². The first-order valence-corrected chi connectivity index (χ1v) is 14.1. The Morgan fingerprint density at radius 3 is 2.54 bits per heavy atom. The zero-order valence-electron chi connectivity index (χ0n) is 23.0. The van der Waals surface area contributed by atoms with Crippen molar-refractivity contribution in [1.29, 1.82) is 0 Å². The summed E-state index contributed by atoms with van der Waals surface area (Å²) < 4.78 is 22.8. The minimum absolute atomic E-state index is 0.0437. The number of hydrogen-bond donors (Lipinski definition) is 2. The lowest BCUT2D eigenvalue weighted by Gasteiger charge is -2.40. The molecule has 0 bridgehead atoms. The van der Waals surface area contributed by atoms with E-state index >= 15 is 0 Å². The van der Waals surface area contributed by atoms with Gasteiger partial charge in [0.15, 0.2) is 0 Å². The predicted octanol–water partition coefficient (Wildman–Crippen LogP) is 4.15. The highest BCUT2D eigenvalue weighted by Crippen LogP contribution is 2.49. The Balaban J connectivity index is 1.50. The quantitative estimate of drug-likeness (QED) is 0.104. The standard InChI is InChI=1S/C28H42INO7/c1-17(9-11-23-25(33)28(16-34-28)15-27(7,29)37-23)8-10-22-18(2)14-21(19(3)35-22)30-24(32)12-13-26(5,6)36-20(4)31/h8-9,11-13,18-19,21-23,25,33H,10,14-16H2,1-7H3,(H,30,32)/b11-9+,13-12-,17-8+/t18-,19+,21+,22-,23+,25+,27-,28+/m0/s1. The maximum Gasteiger partial charge on any atom is 0.303 e. The molecule has 0 aromatic rings. The van der Waals surface area contributed by atoms with Crippen molar-refractivity contribution in [2.24, 2.45) is 5.92 Å². The normalized spacial score (nSPS) is 38.8. The number of carbonyl (C=O) groups excluding carboxylic acids is 2. The summed E-state index contributed by atoms with van der Waals surface area (Å²) >= 11 is 2.28. The van der Waals surface area contributed by atoms with Gasteiger partial charge in [0.2, 0.25) is 5.91 Å². The van der Waals surface area contributed by atoms with Crippen molar-refractivity contribution in [2.75, 3.05) is 6.61 Å². The third kappa shape index (κ3) is 8.61. The van der Waals surface area contributed by atoms with Gasteiger partial charge in [0.1, 0.15) is 27.0 Å². The van der Waals surface area contributed by atoms with Crippen molar-refractivity contribution >= 4 is 34.5 Å². The van der Waals surface area contributed by atoms with Gasteiger partial charge in [-0.05, 0) is 82.0 Å². The predicted molar refractivity (Wildman–Crippen MR) is 149 cm³/mol. The molecule has 37 heavy (non-hydrogen) atoms. The fourth-order valence-corrected chi connectivity index (χ4v) is 6.02. The number of hydrogen-bond acceptors (Lipinski definition) is 7. The number of ether oxygens (including phenoxy) is 4. The highest BCUT2D eigenvalue weighted by Gasteiger charge is 2.60. The fraction of sp³-hybridized carbons (Fsp3) is 0.714. The summed E-state index contributed by atoms with van der Waals surface area (Å²) in [4.78, 5) is 23.7. The third-order valence-electron chi connectivity index (χ3n) is 7.17. The number of rotatable bonds is 8. The minimum atomic E-state index is -0.848. The Morgan fingerprint density at radius 1 is 1.24 bits per heavy atom. The molecule has 0 saturated carbocycles. The van der Waals surface area contributed by atoms with Crippen LogP contribution in [0.4, 0.5) is 0 Å². The summed E-state index contributed by atoms with van der Waals surface area (Å²) in [5.41, 5.74) is -0.247. The topological polar surface area (TPSA) is 107 Å². The second-order valence-corrected chi connectivity index (χ2v) is 13.7. The highest BCUT2D eigenvalue weighted by molar-refractivity contribution is 14.1. The molecule has 3 fully saturated rings. The molecule has 208 valence electrons. The van der Waals surface area contributed by atoms with Crippen LogP contribution in [0.3, 0.4) is 0 Å². The molecular weight excluding hydrogens is 589 g/mol. The van der Waals surface area contributed by atoms with Crippen LogP contribution in [-0.4, -0.2) is 68.9 Å². The van der Waals surface area contributed by atoms with Gasteiger partial charge in [-0.1, -0.05) is 30.7 Å². The lowest BCUT2D eigenvalue weighted by molar-refractivity contribution is -0.149. The molecule has 1 amide bonds. The Hall–Kier alpha value is -1.27. The maximum atomic E-state index is 12.5. The van der Waals surface area contributed by atoms with Crippen LogP contribution in [0.25, 0.3) is 0 Å². The lowest BCUT2D eigenvalue weighted by atomic mass is 9.87. The molecular formula is C28H42INO7. The number of allylic oxidation sites excluding steroid dienone is 2. The van der Waals surface area contributed by atoms with Gasteiger partial charge in [-0.15, -0.1) is 0 Å². The summed E-state index contributed by atoms with van der Waals surface area (Å²) in [6.45, 7) is 13.5. The van der Waals surface area contributed by atoms with Crippen LogP contribution in [0.2, 0.25) is 0 Å². The Labute approximate surface area is 234 Å². The summed E-state index contributed by atoms with van der Waals surface area (Å²) in [6, 6.07) is -0.102. The van der Waals surface area contributed by atoms with Crippen molar-refractivity contribution in [3.63, 3.8) is 0 Å². The molecule has 3 rings (SSSR count). The third-order valence-corrected chi connectivity index (χ3v) is 7.81. The van der Waals surface area contributed by atoms with E-state index in [1.807, 2.05) is 32.9 Å². The Kier molecular flexibility index (Phi) is 9.70. The van der Waals surface area contributed by atoms with Crippen molar-refractivity contribution < 1.29 is 33.6 Å². The number of halogens is 1. The first kappa shape index (κ1) is 30.3. The summed E-state index contributed by atoms with van der Waals surface area (Å²) in [5, 5.41) is 13.7. The first-order valence-electron chi connectivity index (χ1n) is 13.0. The van der Waals surface area contributed by atoms with Gasteiger partial charge >= 0.3 is 5.97 Å². The molecule has 0 aliphatic carbocycles. The zero-order valence-corrected chi connectivity index (χ0v) is 25.1. The van der Waals surface area contributed by atoms with Gasteiger partial charge in [-0.3, -0.25) is 9.59 Å². The fourth-order valence-electron chi connectivity index (χ4n) is 5.08. The molecule has 0 aromatic carbocycles. The van der Waals surface area contributed by atoms with Gasteiger partial charge in [0, 0.05) is 19.4 Å². The van der Waals surface area contributed by atoms with Crippen LogP contribution in [0.1, 0.15) is 67.7 Å². The summed E-state index contributed by atoms with van der Waals surface area (Å²) in [5.74, 6) is -0.375. The number of carbonyl (C=O) groups is 2. The van der Waals surface area contributed by atoms with E-state index in [1.165, 1.54) is 13.0 Å². The van der Waals surface area contributed by atoms with Crippen LogP contribution in [0.15, 0.2) is 36.0 Å². The number of aliphatic hydroxyl groups excluding tert-OH is 1. The summed E-state index contributed by atoms with van der Waals surface area (Å²) in [6.07, 6.45) is 10.1. The molecule has 0 unspecified atom stereocenters. The van der Waals surface area contributed by atoms with Crippen LogP contribution in [-0.2, 0) is 28.5 Å². The second kappa shape index (κ2) is 11.9. The zero-order chi connectivity index (χ0) is 27.6. The summed E-state index contributed by atoms with van der Waals surface area (Å²) in [7, 11) is 0. The van der Waals surface area contributed by atoms with Crippen molar-refractivity contribution in [3.8, 4) is 0 Å². The molecule has 3 saturated heterocycles. The van der Waals surface area contributed by atoms with E-state index in [1.54, 1.807) is 19.9 Å². The SMILES string of the molecule is CC(=O)OC(C)(C)/C=C\C(=O)N[C@@H]1C[C@H](C)[C@H](C/C=C(C)/C=C/[C@H]2O[C@](C)(I)C[C@@]3(CO3)[C@@H]2O)O[C@@H]1C. The Morgan fingerprint density at radius 2 is 1.92 bits per heavy atom. The van der Waals surface area contributed by atoms with E-state index in [2.05, 4.69) is 40.9 Å². The lowest BCUT2D eigenvalue weighted by Crippen LogP contribution is -2.52. The van der Waals surface area contributed by atoms with Crippen molar-refractivity contribution in [3.05, 3.63) is 36.0 Å². The van der Waals surface area contributed by atoms with Crippen LogP contribution in [0, 0.1) is 5.92 Å². The van der Waals surface area contributed by atoms with Crippen LogP contribution < -0.4 is 5.32 Å². The molecule has 3 heterocycles. The van der Waals surface area contributed by atoms with Crippen molar-refractivity contribution in [2.45, 2.75) is 113 Å². The molecule has 0 radical (unpaired) electrons. The molecule has 3 aliphatic heterocycles. The van der Waals surface area contributed by atoms with Gasteiger partial charge in [0.25, 0.3) is 0 Å². The molecule has 2 N–H and O–H groups in total. The minimum Gasteiger partial charge on any atom is -0.456 e. The largest absolute Gasteiger partial charge is 0.456 e. The number of epoxide rings is 1. The molecule has 8 atom stereocenters. The van der Waals surface area contributed by atoms with E-state index < -0.39 is 29.4 Å². The average molecular weight is 632 g/mol. The van der Waals surface area contributed by atoms with Gasteiger partial charge in [0.05, 0.1) is 24.9 Å². The first-order chi connectivity index (χ1) is 17.1. The number of alkyl halides is 1. The smallest absolute Gasteiger partial charge is 0.303 e. The molecule has 8 nitrogen and oxygen atoms in total. The highest BCUT2D eigenvalue weighted by atomic mass is 127. The molecule has 3 aliphatic rings. The van der Waals surface area contributed by atoms with E-state index in [0.29, 0.717) is 13.0 Å². The van der Waals surface area contributed by atoms with Crippen LogP contribution in [0.5, 0.6) is 0 Å². The van der Waals surface area contributed by atoms with E-state index in [9.17, 15) is 14.7 Å². The average Bonchev–Trinajstić information content (AvgIpc) is 3.53.